The van der Waals surface area contributed by atoms with Crippen molar-refractivity contribution in [3.63, 3.8) is 0 Å². The van der Waals surface area contributed by atoms with E-state index >= 15 is 0 Å². The molecular formula is C21H13BrClN3O4. The summed E-state index contributed by atoms with van der Waals surface area (Å²) in [4.78, 5) is 27.6. The Labute approximate surface area is 184 Å². The third-order valence-electron chi connectivity index (χ3n) is 4.57. The van der Waals surface area contributed by atoms with Crippen molar-refractivity contribution in [2.75, 3.05) is 5.32 Å². The van der Waals surface area contributed by atoms with Crippen molar-refractivity contribution in [2.24, 2.45) is 0 Å². The first kappa shape index (κ1) is 20.1. The number of nitrogens with zero attached hydrogens (tertiary/aromatic N) is 2. The molecule has 1 N–H and O–H groups in total. The van der Waals surface area contributed by atoms with Gasteiger partial charge in [0.25, 0.3) is 11.6 Å². The van der Waals surface area contributed by atoms with Crippen LogP contribution in [0.4, 0.5) is 11.4 Å². The molecule has 0 spiro atoms. The Bertz CT molecular complexity index is 1320. The molecule has 0 saturated carbocycles. The molecule has 0 atom stereocenters. The van der Waals surface area contributed by atoms with Gasteiger partial charge in [-0.15, -0.1) is 0 Å². The largest absolute Gasteiger partial charge is 0.436 e. The highest BCUT2D eigenvalue weighted by atomic mass is 79.9. The SMILES string of the molecule is Cc1c(NC(=O)c2ccc([N+](=O)[O-])cc2Br)cccc1-c1nc2cc(Cl)ccc2o1. The number of hydrogen-bond donors (Lipinski definition) is 1. The molecule has 0 aliphatic heterocycles. The fourth-order valence-corrected chi connectivity index (χ4v) is 3.72. The quantitative estimate of drug-likeness (QED) is 0.266. The number of non-ortho nitro benzene ring substituents is 1. The summed E-state index contributed by atoms with van der Waals surface area (Å²) in [5.74, 6) is 0.0127. The van der Waals surface area contributed by atoms with Gasteiger partial charge in [-0.25, -0.2) is 4.98 Å². The predicted molar refractivity (Wildman–Crippen MR) is 118 cm³/mol. The number of carbonyl (C=O) groups is 1. The summed E-state index contributed by atoms with van der Waals surface area (Å²) in [5, 5.41) is 14.3. The van der Waals surface area contributed by atoms with E-state index in [0.29, 0.717) is 32.2 Å². The first-order valence-corrected chi connectivity index (χ1v) is 9.92. The maximum absolute atomic E-state index is 12.7. The van der Waals surface area contributed by atoms with Crippen LogP contribution in [0.3, 0.4) is 0 Å². The van der Waals surface area contributed by atoms with Gasteiger partial charge in [-0.3, -0.25) is 14.9 Å². The Morgan fingerprint density at radius 3 is 2.73 bits per heavy atom. The Hall–Kier alpha value is -3.23. The molecule has 0 fully saturated rings. The van der Waals surface area contributed by atoms with Crippen LogP contribution in [-0.2, 0) is 0 Å². The average Bonchev–Trinajstić information content (AvgIpc) is 3.12. The molecule has 7 nitrogen and oxygen atoms in total. The van der Waals surface area contributed by atoms with Crippen LogP contribution in [0.2, 0.25) is 5.02 Å². The highest BCUT2D eigenvalue weighted by Crippen LogP contribution is 2.32. The number of oxazole rings is 1. The number of carbonyl (C=O) groups excluding carboxylic acids is 1. The molecule has 1 heterocycles. The summed E-state index contributed by atoms with van der Waals surface area (Å²) >= 11 is 9.24. The molecule has 3 aromatic carbocycles. The Morgan fingerprint density at radius 1 is 1.20 bits per heavy atom. The number of nitro groups is 1. The van der Waals surface area contributed by atoms with Gasteiger partial charge in [0.05, 0.1) is 10.5 Å². The normalized spacial score (nSPS) is 10.9. The smallest absolute Gasteiger partial charge is 0.270 e. The molecule has 0 aliphatic rings. The van der Waals surface area contributed by atoms with E-state index < -0.39 is 10.8 Å². The molecule has 150 valence electrons. The van der Waals surface area contributed by atoms with E-state index in [9.17, 15) is 14.9 Å². The summed E-state index contributed by atoms with van der Waals surface area (Å²) in [5.41, 5.74) is 3.49. The number of rotatable bonds is 4. The lowest BCUT2D eigenvalue weighted by Crippen LogP contribution is -2.13. The van der Waals surface area contributed by atoms with Crippen LogP contribution in [0.25, 0.3) is 22.6 Å². The highest BCUT2D eigenvalue weighted by Gasteiger charge is 2.18. The molecule has 0 saturated heterocycles. The first-order valence-electron chi connectivity index (χ1n) is 8.75. The number of nitrogens with one attached hydrogen (secondary N) is 1. The number of aromatic nitrogens is 1. The van der Waals surface area contributed by atoms with Gasteiger partial charge in [0.2, 0.25) is 5.89 Å². The molecule has 1 aromatic heterocycles. The van der Waals surface area contributed by atoms with Crippen molar-refractivity contribution in [3.8, 4) is 11.5 Å². The minimum absolute atomic E-state index is 0.104. The summed E-state index contributed by atoms with van der Waals surface area (Å²) < 4.78 is 6.17. The first-order chi connectivity index (χ1) is 14.3. The van der Waals surface area contributed by atoms with E-state index in [1.54, 1.807) is 30.3 Å². The second kappa shape index (κ2) is 7.89. The Kier molecular flexibility index (Phi) is 5.27. The average molecular weight is 487 g/mol. The van der Waals surface area contributed by atoms with Crippen LogP contribution in [0.5, 0.6) is 0 Å². The summed E-state index contributed by atoms with van der Waals surface area (Å²) in [6, 6.07) is 14.6. The lowest BCUT2D eigenvalue weighted by molar-refractivity contribution is -0.384. The molecule has 9 heteroatoms. The topological polar surface area (TPSA) is 98.3 Å². The lowest BCUT2D eigenvalue weighted by Gasteiger charge is -2.11. The van der Waals surface area contributed by atoms with Crippen molar-refractivity contribution >= 4 is 55.9 Å². The zero-order valence-corrected chi connectivity index (χ0v) is 17.8. The lowest BCUT2D eigenvalue weighted by atomic mass is 10.1. The van der Waals surface area contributed by atoms with Gasteiger partial charge in [-0.1, -0.05) is 17.7 Å². The fourth-order valence-electron chi connectivity index (χ4n) is 3.01. The van der Waals surface area contributed by atoms with E-state index in [1.165, 1.54) is 18.2 Å². The van der Waals surface area contributed by atoms with Crippen molar-refractivity contribution < 1.29 is 14.1 Å². The zero-order valence-electron chi connectivity index (χ0n) is 15.5. The van der Waals surface area contributed by atoms with Gasteiger partial charge in [0.15, 0.2) is 5.58 Å². The molecule has 0 bridgehead atoms. The Morgan fingerprint density at radius 2 is 2.00 bits per heavy atom. The number of benzene rings is 3. The van der Waals surface area contributed by atoms with Crippen LogP contribution in [0.15, 0.2) is 63.5 Å². The monoisotopic (exact) mass is 485 g/mol. The zero-order chi connectivity index (χ0) is 21.4. The highest BCUT2D eigenvalue weighted by molar-refractivity contribution is 9.10. The molecule has 4 rings (SSSR count). The van der Waals surface area contributed by atoms with Crippen LogP contribution in [0.1, 0.15) is 15.9 Å². The van der Waals surface area contributed by atoms with Crippen molar-refractivity contribution in [1.82, 2.24) is 4.98 Å². The minimum atomic E-state index is -0.520. The van der Waals surface area contributed by atoms with Gasteiger partial charge in [-0.2, -0.15) is 0 Å². The van der Waals surface area contributed by atoms with Crippen molar-refractivity contribution in [1.29, 1.82) is 0 Å². The number of nitro benzene ring substituents is 1. The third kappa shape index (κ3) is 3.79. The van der Waals surface area contributed by atoms with Gasteiger partial charge in [0, 0.05) is 32.9 Å². The summed E-state index contributed by atoms with van der Waals surface area (Å²) in [7, 11) is 0. The third-order valence-corrected chi connectivity index (χ3v) is 5.46. The van der Waals surface area contributed by atoms with Crippen molar-refractivity contribution in [2.45, 2.75) is 6.92 Å². The van der Waals surface area contributed by atoms with E-state index in [1.807, 2.05) is 13.0 Å². The van der Waals surface area contributed by atoms with Gasteiger partial charge in [-0.05, 0) is 64.8 Å². The van der Waals surface area contributed by atoms with Crippen LogP contribution in [0, 0.1) is 17.0 Å². The molecule has 0 radical (unpaired) electrons. The summed E-state index contributed by atoms with van der Waals surface area (Å²) in [6.07, 6.45) is 0. The van der Waals surface area contributed by atoms with Crippen LogP contribution >= 0.6 is 27.5 Å². The van der Waals surface area contributed by atoms with Gasteiger partial charge in [0.1, 0.15) is 5.52 Å². The summed E-state index contributed by atoms with van der Waals surface area (Å²) in [6.45, 7) is 1.84. The van der Waals surface area contributed by atoms with E-state index in [-0.39, 0.29) is 11.3 Å². The van der Waals surface area contributed by atoms with E-state index in [0.717, 1.165) is 11.1 Å². The number of fused-ring (bicyclic) bond motifs is 1. The molecular weight excluding hydrogens is 474 g/mol. The maximum Gasteiger partial charge on any atom is 0.270 e. The Balaban J connectivity index is 1.66. The van der Waals surface area contributed by atoms with E-state index in [4.69, 9.17) is 16.0 Å². The van der Waals surface area contributed by atoms with Crippen molar-refractivity contribution in [3.05, 3.63) is 85.3 Å². The van der Waals surface area contributed by atoms with Crippen LogP contribution < -0.4 is 5.32 Å². The molecule has 0 unspecified atom stereocenters. The second-order valence-electron chi connectivity index (χ2n) is 6.48. The second-order valence-corrected chi connectivity index (χ2v) is 7.78. The molecule has 1 amide bonds. The number of amides is 1. The predicted octanol–water partition coefficient (Wildman–Crippen LogP) is 6.38. The van der Waals surface area contributed by atoms with Crippen LogP contribution in [-0.4, -0.2) is 15.8 Å². The maximum atomic E-state index is 12.7. The number of anilines is 1. The fraction of sp³-hybridized carbons (Fsp3) is 0.0476. The standard InChI is InChI=1S/C21H13BrClN3O4/c1-11-14(21-25-18-9-12(23)5-8-19(18)30-21)3-2-4-17(11)24-20(27)15-7-6-13(26(28)29)10-16(15)22/h2-10H,1H3,(H,24,27). The minimum Gasteiger partial charge on any atom is -0.436 e. The molecule has 30 heavy (non-hydrogen) atoms. The van der Waals surface area contributed by atoms with Gasteiger partial charge < -0.3 is 9.73 Å². The number of hydrogen-bond acceptors (Lipinski definition) is 5. The van der Waals surface area contributed by atoms with Gasteiger partial charge >= 0.3 is 0 Å². The van der Waals surface area contributed by atoms with E-state index in [2.05, 4.69) is 26.2 Å². The molecule has 0 aliphatic carbocycles. The molecule has 4 aromatic rings. The number of halogens is 2.